The lowest BCUT2D eigenvalue weighted by Crippen LogP contribution is -2.58. The van der Waals surface area contributed by atoms with Gasteiger partial charge in [-0.3, -0.25) is 4.90 Å². The van der Waals surface area contributed by atoms with Crippen LogP contribution in [0.2, 0.25) is 0 Å². The molecule has 0 spiro atoms. The number of aromatic nitrogens is 1. The van der Waals surface area contributed by atoms with E-state index in [1.807, 2.05) is 12.4 Å². The van der Waals surface area contributed by atoms with Crippen molar-refractivity contribution >= 4 is 11.3 Å². The maximum absolute atomic E-state index is 13.5. The van der Waals surface area contributed by atoms with Gasteiger partial charge >= 0.3 is 0 Å². The highest BCUT2D eigenvalue weighted by Gasteiger charge is 2.39. The molecule has 3 rings (SSSR count). The highest BCUT2D eigenvalue weighted by Crippen LogP contribution is 2.29. The number of nitrogens with two attached hydrogens (primary N) is 1. The Balaban J connectivity index is 1.65. The van der Waals surface area contributed by atoms with E-state index < -0.39 is 5.67 Å². The van der Waals surface area contributed by atoms with Gasteiger partial charge in [-0.25, -0.2) is 9.37 Å². The fourth-order valence-electron chi connectivity index (χ4n) is 2.86. The first-order valence-corrected chi connectivity index (χ1v) is 8.00. The molecule has 0 unspecified atom stereocenters. The lowest BCUT2D eigenvalue weighted by Gasteiger charge is -2.43. The van der Waals surface area contributed by atoms with Crippen LogP contribution in [0.3, 0.4) is 0 Å². The first-order valence-electron chi connectivity index (χ1n) is 7.12. The van der Waals surface area contributed by atoms with Gasteiger partial charge in [-0.1, -0.05) is 24.3 Å². The Bertz CT molecular complexity index is 613. The SMILES string of the molecule is Cc1ncsc1-c1ccc([C@@H](N)CN2CC(C)(F)C2)cc1. The maximum atomic E-state index is 13.5. The summed E-state index contributed by atoms with van der Waals surface area (Å²) in [5, 5.41) is 0. The molecule has 0 saturated carbocycles. The minimum Gasteiger partial charge on any atom is -0.323 e. The molecule has 1 aliphatic heterocycles. The molecule has 1 aromatic heterocycles. The number of aryl methyl sites for hydroxylation is 1. The summed E-state index contributed by atoms with van der Waals surface area (Å²) < 4.78 is 13.5. The van der Waals surface area contributed by atoms with Crippen molar-refractivity contribution in [3.63, 3.8) is 0 Å². The standard InChI is InChI=1S/C16H20FN3S/c1-11-15(21-10-19-11)13-5-3-12(4-6-13)14(18)7-20-8-16(2,17)9-20/h3-6,10,14H,7-9,18H2,1-2H3/t14-/m0/s1. The van der Waals surface area contributed by atoms with Gasteiger partial charge in [0.2, 0.25) is 0 Å². The number of thiazole rings is 1. The molecule has 21 heavy (non-hydrogen) atoms. The van der Waals surface area contributed by atoms with Gasteiger partial charge in [0, 0.05) is 25.7 Å². The first-order chi connectivity index (χ1) is 9.94. The lowest BCUT2D eigenvalue weighted by atomic mass is 9.96. The van der Waals surface area contributed by atoms with Crippen molar-refractivity contribution in [3.05, 3.63) is 41.0 Å². The van der Waals surface area contributed by atoms with Crippen LogP contribution in [0.25, 0.3) is 10.4 Å². The van der Waals surface area contributed by atoms with Gasteiger partial charge in [-0.05, 0) is 25.0 Å². The van der Waals surface area contributed by atoms with Crippen molar-refractivity contribution in [3.8, 4) is 10.4 Å². The van der Waals surface area contributed by atoms with E-state index in [1.165, 1.54) is 10.4 Å². The molecular weight excluding hydrogens is 285 g/mol. The largest absolute Gasteiger partial charge is 0.323 e. The van der Waals surface area contributed by atoms with E-state index in [1.54, 1.807) is 18.3 Å². The zero-order valence-electron chi connectivity index (χ0n) is 12.3. The fraction of sp³-hybridized carbons (Fsp3) is 0.438. The molecule has 1 aromatic carbocycles. The summed E-state index contributed by atoms with van der Waals surface area (Å²) in [6.45, 7) is 5.33. The summed E-state index contributed by atoms with van der Waals surface area (Å²) in [6.07, 6.45) is 0. The molecular formula is C16H20FN3S. The monoisotopic (exact) mass is 305 g/mol. The van der Waals surface area contributed by atoms with Gasteiger partial charge in [0.25, 0.3) is 0 Å². The van der Waals surface area contributed by atoms with Crippen molar-refractivity contribution in [1.29, 1.82) is 0 Å². The molecule has 1 atom stereocenters. The lowest BCUT2D eigenvalue weighted by molar-refractivity contribution is -0.0202. The van der Waals surface area contributed by atoms with Crippen LogP contribution in [0.1, 0.15) is 24.2 Å². The summed E-state index contributed by atoms with van der Waals surface area (Å²) in [7, 11) is 0. The number of hydrogen-bond donors (Lipinski definition) is 1. The average molecular weight is 305 g/mol. The van der Waals surface area contributed by atoms with Crippen LogP contribution in [-0.4, -0.2) is 35.2 Å². The zero-order valence-corrected chi connectivity index (χ0v) is 13.2. The summed E-state index contributed by atoms with van der Waals surface area (Å²) in [4.78, 5) is 7.54. The van der Waals surface area contributed by atoms with E-state index >= 15 is 0 Å². The van der Waals surface area contributed by atoms with Gasteiger partial charge in [-0.2, -0.15) is 0 Å². The normalized spacial score (nSPS) is 19.2. The van der Waals surface area contributed by atoms with Gasteiger partial charge in [0.1, 0.15) is 5.67 Å². The molecule has 0 aliphatic carbocycles. The second-order valence-electron chi connectivity index (χ2n) is 6.08. The molecule has 1 aliphatic rings. The quantitative estimate of drug-likeness (QED) is 0.943. The Hall–Kier alpha value is -1.30. The number of benzene rings is 1. The van der Waals surface area contributed by atoms with Gasteiger partial charge < -0.3 is 5.73 Å². The third-order valence-electron chi connectivity index (χ3n) is 3.91. The molecule has 0 radical (unpaired) electrons. The third kappa shape index (κ3) is 3.15. The van der Waals surface area contributed by atoms with E-state index in [-0.39, 0.29) is 6.04 Å². The topological polar surface area (TPSA) is 42.1 Å². The second kappa shape index (κ2) is 5.48. The fourth-order valence-corrected chi connectivity index (χ4v) is 3.67. The molecule has 2 aromatic rings. The van der Waals surface area contributed by atoms with Crippen LogP contribution in [0.5, 0.6) is 0 Å². The highest BCUT2D eigenvalue weighted by atomic mass is 32.1. The second-order valence-corrected chi connectivity index (χ2v) is 6.93. The van der Waals surface area contributed by atoms with Gasteiger partial charge in [0.15, 0.2) is 0 Å². The average Bonchev–Trinajstić information content (AvgIpc) is 2.83. The number of likely N-dealkylation sites (tertiary alicyclic amines) is 1. The predicted molar refractivity (Wildman–Crippen MR) is 85.2 cm³/mol. The number of hydrogen-bond acceptors (Lipinski definition) is 4. The minimum atomic E-state index is -1.03. The Morgan fingerprint density at radius 1 is 1.38 bits per heavy atom. The van der Waals surface area contributed by atoms with Crippen LogP contribution in [-0.2, 0) is 0 Å². The molecule has 2 N–H and O–H groups in total. The minimum absolute atomic E-state index is 0.0716. The summed E-state index contributed by atoms with van der Waals surface area (Å²) in [5.41, 5.74) is 10.4. The van der Waals surface area contributed by atoms with Crippen LogP contribution in [0.15, 0.2) is 29.8 Å². The van der Waals surface area contributed by atoms with E-state index in [0.29, 0.717) is 19.6 Å². The van der Waals surface area contributed by atoms with Crippen molar-refractivity contribution in [2.45, 2.75) is 25.6 Å². The number of halogens is 1. The molecule has 0 amide bonds. The van der Waals surface area contributed by atoms with Crippen molar-refractivity contribution in [2.75, 3.05) is 19.6 Å². The van der Waals surface area contributed by atoms with Crippen LogP contribution >= 0.6 is 11.3 Å². The number of alkyl halides is 1. The summed E-state index contributed by atoms with van der Waals surface area (Å²) in [5.74, 6) is 0. The van der Waals surface area contributed by atoms with Gasteiger partial charge in [0.05, 0.1) is 16.1 Å². The molecule has 0 bridgehead atoms. The number of nitrogens with zero attached hydrogens (tertiary/aromatic N) is 2. The molecule has 112 valence electrons. The molecule has 1 saturated heterocycles. The van der Waals surface area contributed by atoms with Crippen LogP contribution in [0, 0.1) is 6.92 Å². The molecule has 2 heterocycles. The van der Waals surface area contributed by atoms with E-state index in [4.69, 9.17) is 5.73 Å². The van der Waals surface area contributed by atoms with Crippen molar-refractivity contribution in [1.82, 2.24) is 9.88 Å². The van der Waals surface area contributed by atoms with Gasteiger partial charge in [-0.15, -0.1) is 11.3 Å². The third-order valence-corrected chi connectivity index (χ3v) is 4.89. The Labute approximate surface area is 128 Å². The number of rotatable bonds is 4. The van der Waals surface area contributed by atoms with Crippen molar-refractivity contribution < 1.29 is 4.39 Å². The predicted octanol–water partition coefficient (Wildman–Crippen LogP) is 3.16. The van der Waals surface area contributed by atoms with E-state index in [2.05, 4.69) is 34.1 Å². The Morgan fingerprint density at radius 3 is 2.57 bits per heavy atom. The highest BCUT2D eigenvalue weighted by molar-refractivity contribution is 7.13. The molecule has 5 heteroatoms. The van der Waals surface area contributed by atoms with Crippen molar-refractivity contribution in [2.24, 2.45) is 5.73 Å². The van der Waals surface area contributed by atoms with Crippen LogP contribution in [0.4, 0.5) is 4.39 Å². The zero-order chi connectivity index (χ0) is 15.0. The summed E-state index contributed by atoms with van der Waals surface area (Å²) >= 11 is 1.65. The van der Waals surface area contributed by atoms with Crippen LogP contribution < -0.4 is 5.73 Å². The molecule has 1 fully saturated rings. The molecule has 3 nitrogen and oxygen atoms in total. The summed E-state index contributed by atoms with van der Waals surface area (Å²) in [6, 6.07) is 8.23. The smallest absolute Gasteiger partial charge is 0.133 e. The Kier molecular flexibility index (Phi) is 3.82. The van der Waals surface area contributed by atoms with E-state index in [0.717, 1.165) is 11.3 Å². The Morgan fingerprint density at radius 2 is 2.05 bits per heavy atom. The first kappa shape index (κ1) is 14.6. The maximum Gasteiger partial charge on any atom is 0.133 e. The van der Waals surface area contributed by atoms with E-state index in [9.17, 15) is 4.39 Å².